The third-order valence-electron chi connectivity index (χ3n) is 12.4. The number of anilines is 2. The molecule has 354 valence electrons. The van der Waals surface area contributed by atoms with Crippen molar-refractivity contribution in [1.29, 1.82) is 0 Å². The van der Waals surface area contributed by atoms with Gasteiger partial charge in [-0.25, -0.2) is 0 Å². The van der Waals surface area contributed by atoms with Gasteiger partial charge < -0.3 is 41.3 Å². The third kappa shape index (κ3) is 8.29. The minimum atomic E-state index is -1.32. The van der Waals surface area contributed by atoms with Crippen molar-refractivity contribution in [3.63, 3.8) is 0 Å². The van der Waals surface area contributed by atoms with Crippen LogP contribution in [0.15, 0.2) is 208 Å². The van der Waals surface area contributed by atoms with Crippen LogP contribution in [0, 0.1) is 11.8 Å². The van der Waals surface area contributed by atoms with Gasteiger partial charge in [0.1, 0.15) is 46.5 Å². The number of hydrogen-bond donors (Lipinski definition) is 8. The van der Waals surface area contributed by atoms with Crippen LogP contribution in [0.5, 0.6) is 23.0 Å². The van der Waals surface area contributed by atoms with Gasteiger partial charge in [0.2, 0.25) is 11.6 Å². The molecule has 4 aromatic carbocycles. The van der Waals surface area contributed by atoms with Gasteiger partial charge in [0.05, 0.1) is 22.5 Å². The molecule has 0 amide bonds. The number of carbonyl (C=O) groups excluding carboxylic acids is 4. The van der Waals surface area contributed by atoms with Gasteiger partial charge in [0, 0.05) is 57.0 Å². The van der Waals surface area contributed by atoms with Gasteiger partial charge in [0.25, 0.3) is 0 Å². The third-order valence-corrected chi connectivity index (χ3v) is 12.4. The Balaban J connectivity index is 1.44. The Morgan fingerprint density at radius 3 is 1.11 bits per heavy atom. The molecule has 4 aliphatic rings. The van der Waals surface area contributed by atoms with Gasteiger partial charge >= 0.3 is 0 Å². The number of nitrogens with zero attached hydrogens (tertiary/aromatic N) is 4. The number of aromatic hydroxyl groups is 4. The first-order chi connectivity index (χ1) is 33.4. The fourth-order valence-corrected chi connectivity index (χ4v) is 9.10. The molecular weight excluding hydrogens is 893 g/mol. The molecule has 4 aliphatic carbocycles. The van der Waals surface area contributed by atoms with Crippen LogP contribution in [0.4, 0.5) is 22.7 Å². The molecule has 70 heavy (non-hydrogen) atoms. The molecule has 0 bridgehead atoms. The summed E-state index contributed by atoms with van der Waals surface area (Å²) in [7, 11) is 0. The van der Waals surface area contributed by atoms with Crippen molar-refractivity contribution >= 4 is 45.9 Å². The number of benzene rings is 4. The maximum atomic E-state index is 15.9. The molecule has 0 saturated heterocycles. The normalized spacial score (nSPS) is 20.2. The Hall–Kier alpha value is -8.92. The van der Waals surface area contributed by atoms with E-state index in [1.165, 1.54) is 60.9 Å². The van der Waals surface area contributed by atoms with E-state index in [9.17, 15) is 40.2 Å². The quantitative estimate of drug-likeness (QED) is 0.0397. The first-order valence-corrected chi connectivity index (χ1v) is 22.3. The minimum absolute atomic E-state index is 0.0444. The van der Waals surface area contributed by atoms with Crippen LogP contribution < -0.4 is 10.6 Å². The summed E-state index contributed by atoms with van der Waals surface area (Å²) >= 11 is 0. The highest BCUT2D eigenvalue weighted by molar-refractivity contribution is 6.34. The summed E-state index contributed by atoms with van der Waals surface area (Å²) in [6.07, 6.45) is 2.35. The molecule has 0 spiro atoms. The molecule has 16 heteroatoms. The zero-order valence-electron chi connectivity index (χ0n) is 38.8. The van der Waals surface area contributed by atoms with Gasteiger partial charge in [-0.05, 0) is 85.4 Å². The molecule has 8 rings (SSSR count). The lowest BCUT2D eigenvalue weighted by molar-refractivity contribution is -0.117. The van der Waals surface area contributed by atoms with Crippen molar-refractivity contribution < 1.29 is 49.8 Å². The van der Waals surface area contributed by atoms with E-state index in [1.807, 2.05) is 0 Å². The van der Waals surface area contributed by atoms with Gasteiger partial charge in [-0.1, -0.05) is 76.2 Å². The fourth-order valence-electron chi connectivity index (χ4n) is 9.10. The van der Waals surface area contributed by atoms with Crippen LogP contribution >= 0.6 is 0 Å². The summed E-state index contributed by atoms with van der Waals surface area (Å²) < 4.78 is 0. The Morgan fingerprint density at radius 2 is 0.786 bits per heavy atom. The maximum absolute atomic E-state index is 15.9. The number of azo groups is 2. The highest BCUT2D eigenvalue weighted by Crippen LogP contribution is 2.51. The van der Waals surface area contributed by atoms with Gasteiger partial charge in [-0.3, -0.25) is 19.2 Å². The fraction of sp³-hybridized carbons (Fsp3) is 0.185. The number of aliphatic hydroxyl groups is 2. The first kappa shape index (κ1) is 47.6. The number of ketones is 4. The summed E-state index contributed by atoms with van der Waals surface area (Å²) in [5.74, 6) is -6.96. The van der Waals surface area contributed by atoms with Crippen molar-refractivity contribution in [1.82, 2.24) is 0 Å². The van der Waals surface area contributed by atoms with Crippen molar-refractivity contribution in [3.8, 4) is 23.0 Å². The van der Waals surface area contributed by atoms with Crippen molar-refractivity contribution in [2.75, 3.05) is 10.6 Å². The Labute approximate surface area is 401 Å². The number of phenols is 4. The number of allylic oxidation sites excluding steroid dienone is 6. The Bertz CT molecular complexity index is 3070. The van der Waals surface area contributed by atoms with Crippen LogP contribution in [0.1, 0.15) is 41.5 Å². The van der Waals surface area contributed by atoms with Crippen molar-refractivity contribution in [2.45, 2.75) is 53.6 Å². The van der Waals surface area contributed by atoms with E-state index in [-0.39, 0.29) is 113 Å². The van der Waals surface area contributed by atoms with Gasteiger partial charge in [-0.15, -0.1) is 0 Å². The van der Waals surface area contributed by atoms with Crippen LogP contribution in [0.2, 0.25) is 0 Å². The highest BCUT2D eigenvalue weighted by Gasteiger charge is 2.50. The summed E-state index contributed by atoms with van der Waals surface area (Å²) in [4.78, 5) is 60.7. The van der Waals surface area contributed by atoms with E-state index >= 15 is 9.59 Å². The van der Waals surface area contributed by atoms with Gasteiger partial charge in [-0.2, -0.15) is 20.5 Å². The number of nitrogens with one attached hydrogen (secondary N) is 2. The number of carbonyl (C=O) groups is 4. The van der Waals surface area contributed by atoms with Crippen LogP contribution in [0.25, 0.3) is 0 Å². The monoisotopic (exact) mass is 940 g/mol. The average molecular weight is 941 g/mol. The van der Waals surface area contributed by atoms with E-state index in [4.69, 9.17) is 10.2 Å². The van der Waals surface area contributed by atoms with Crippen LogP contribution in [-0.2, 0) is 19.2 Å². The SMILES string of the molecule is CC1=C(C2=C(C)C(N=Nc3ccccc3O)C3=C(C2=O)/C(=C/Nc2ccccc2O)C(=O)C(O)=C3C(C)C)C(=O)C2=C(C(C(C)C)=C(O)C(=O)/C2=C\Nc2ccccc2O)C1N=Nc1ccccc1O. The Kier molecular flexibility index (Phi) is 12.9. The van der Waals surface area contributed by atoms with Crippen LogP contribution in [-0.4, -0.2) is 65.9 Å². The largest absolute Gasteiger partial charge is 0.506 e. The van der Waals surface area contributed by atoms with Crippen molar-refractivity contribution in [3.05, 3.63) is 188 Å². The number of hydrogen-bond acceptors (Lipinski definition) is 16. The first-order valence-electron chi connectivity index (χ1n) is 22.3. The predicted octanol–water partition coefficient (Wildman–Crippen LogP) is 10.6. The lowest BCUT2D eigenvalue weighted by Gasteiger charge is -2.38. The molecular formula is C54H48N6O10. The molecule has 2 atom stereocenters. The number of Topliss-reactive ketones (excluding diaryl/α,β-unsaturated/α-hetero) is 4. The second-order valence-corrected chi connectivity index (χ2v) is 17.5. The molecule has 0 heterocycles. The summed E-state index contributed by atoms with van der Waals surface area (Å²) in [5, 5.41) is 90.4. The minimum Gasteiger partial charge on any atom is -0.506 e. The average Bonchev–Trinajstić information content (AvgIpc) is 3.32. The molecule has 0 aliphatic heterocycles. The molecule has 0 fully saturated rings. The predicted molar refractivity (Wildman–Crippen MR) is 261 cm³/mol. The molecule has 16 nitrogen and oxygen atoms in total. The van der Waals surface area contributed by atoms with E-state index in [0.717, 1.165) is 0 Å². The van der Waals surface area contributed by atoms with Crippen molar-refractivity contribution in [2.24, 2.45) is 32.3 Å². The lowest BCUT2D eigenvalue weighted by atomic mass is 9.65. The number of phenolic OH excluding ortho intramolecular Hbond substituents is 4. The summed E-state index contributed by atoms with van der Waals surface area (Å²) in [6, 6.07) is 21.9. The Morgan fingerprint density at radius 1 is 0.457 bits per heavy atom. The molecule has 0 saturated carbocycles. The van der Waals surface area contributed by atoms with Crippen LogP contribution in [0.3, 0.4) is 0 Å². The smallest absolute Gasteiger partial charge is 0.229 e. The number of para-hydroxylation sites is 6. The maximum Gasteiger partial charge on any atom is 0.229 e. The van der Waals surface area contributed by atoms with E-state index in [0.29, 0.717) is 0 Å². The zero-order valence-corrected chi connectivity index (χ0v) is 38.8. The number of aliphatic hydroxyl groups excluding tert-OH is 2. The second kappa shape index (κ2) is 19.0. The van der Waals surface area contributed by atoms with E-state index in [2.05, 4.69) is 20.9 Å². The standard InChI is InChI=1S/C54H48N6O10/c1-25(2)39-45-43(29(49(65)53(39)69)23-55-31-15-7-11-19-35(31)61)51(67)41(27(5)47(45)59-57-33-17-9-13-21-37(33)63)42-28(6)48(60-58-34-18-10-14-22-38(34)64)46-40(26(3)4)54(70)50(66)30(44(46)52(42)68)24-56-32-16-8-12-20-36(32)62/h7-26,47-48,55-56,61-64,69-70H,1-6H3/b29-23-,30-24-,59-57?,60-58?. The van der Waals surface area contributed by atoms with Gasteiger partial charge in [0.15, 0.2) is 23.1 Å². The topological polar surface area (TPSA) is 263 Å². The summed E-state index contributed by atoms with van der Waals surface area (Å²) in [6.45, 7) is 9.95. The zero-order chi connectivity index (χ0) is 50.3. The number of rotatable bonds is 11. The molecule has 2 unspecified atom stereocenters. The molecule has 4 aromatic rings. The lowest BCUT2D eigenvalue weighted by Crippen LogP contribution is -2.39. The molecule has 0 radical (unpaired) electrons. The second-order valence-electron chi connectivity index (χ2n) is 17.5. The van der Waals surface area contributed by atoms with E-state index in [1.54, 1.807) is 90.1 Å². The molecule has 0 aromatic heterocycles. The highest BCUT2D eigenvalue weighted by atomic mass is 16.3. The van der Waals surface area contributed by atoms with E-state index < -0.39 is 58.6 Å². The summed E-state index contributed by atoms with van der Waals surface area (Å²) in [5.41, 5.74) is -0.716. The molecule has 8 N–H and O–H groups in total.